The molecule has 0 saturated heterocycles. The molecule has 0 fully saturated rings. The topological polar surface area (TPSA) is 44.2 Å². The predicted molar refractivity (Wildman–Crippen MR) is 93.9 cm³/mol. The Labute approximate surface area is 145 Å². The van der Waals surface area contributed by atoms with Crippen LogP contribution in [0, 0.1) is 0 Å². The van der Waals surface area contributed by atoms with Crippen molar-refractivity contribution in [3.8, 4) is 11.5 Å². The summed E-state index contributed by atoms with van der Waals surface area (Å²) in [5.74, 6) is 1.32. The molecule has 5 heteroatoms. The van der Waals surface area contributed by atoms with Gasteiger partial charge in [-0.2, -0.15) is 0 Å². The van der Waals surface area contributed by atoms with E-state index in [2.05, 4.69) is 4.98 Å². The van der Waals surface area contributed by atoms with Crippen LogP contribution in [0.25, 0.3) is 10.9 Å². The summed E-state index contributed by atoms with van der Waals surface area (Å²) in [5, 5.41) is 1.72. The number of fused-ring (bicyclic) bond motifs is 2. The van der Waals surface area contributed by atoms with Crippen molar-refractivity contribution in [2.24, 2.45) is 0 Å². The summed E-state index contributed by atoms with van der Waals surface area (Å²) in [6.07, 6.45) is 6.63. The molecule has 4 rings (SSSR count). The third-order valence-corrected chi connectivity index (χ3v) is 4.78. The Kier molecular flexibility index (Phi) is 3.98. The Balaban J connectivity index is 1.74. The predicted octanol–water partition coefficient (Wildman–Crippen LogP) is 4.36. The van der Waals surface area contributed by atoms with E-state index in [4.69, 9.17) is 26.1 Å². The highest BCUT2D eigenvalue weighted by molar-refractivity contribution is 6.36. The molecule has 4 nitrogen and oxygen atoms in total. The molecule has 0 amide bonds. The van der Waals surface area contributed by atoms with Crippen LogP contribution in [0.15, 0.2) is 36.7 Å². The van der Waals surface area contributed by atoms with Crippen LogP contribution in [-0.2, 0) is 19.4 Å². The molecular weight excluding hydrogens is 324 g/mol. The second-order valence-electron chi connectivity index (χ2n) is 5.87. The van der Waals surface area contributed by atoms with Gasteiger partial charge in [0.25, 0.3) is 0 Å². The van der Waals surface area contributed by atoms with Crippen LogP contribution in [0.5, 0.6) is 11.5 Å². The van der Waals surface area contributed by atoms with E-state index < -0.39 is 0 Å². The molecule has 0 aliphatic heterocycles. The molecule has 0 spiro atoms. The monoisotopic (exact) mass is 340 g/mol. The van der Waals surface area contributed by atoms with E-state index in [9.17, 15) is 0 Å². The third-order valence-electron chi connectivity index (χ3n) is 4.34. The first-order chi connectivity index (χ1) is 11.8. The Hall–Kier alpha value is -2.33. The standard InChI is InChI=1S/C19H17ClN2O2/c1-23-17-8-14-16(22-15-6-2-5-13(15)19(14)20)9-18(17)24-11-12-4-3-7-21-10-12/h3-4,7-10H,2,5-6,11H2,1H3. The lowest BCUT2D eigenvalue weighted by Gasteiger charge is -2.14. The zero-order chi connectivity index (χ0) is 16.5. The highest BCUT2D eigenvalue weighted by atomic mass is 35.5. The minimum absolute atomic E-state index is 0.425. The number of ether oxygens (including phenoxy) is 2. The molecular formula is C19H17ClN2O2. The van der Waals surface area contributed by atoms with Gasteiger partial charge in [0.2, 0.25) is 0 Å². The molecule has 24 heavy (non-hydrogen) atoms. The van der Waals surface area contributed by atoms with Gasteiger partial charge >= 0.3 is 0 Å². The van der Waals surface area contributed by atoms with Gasteiger partial charge in [-0.3, -0.25) is 9.97 Å². The van der Waals surface area contributed by atoms with E-state index in [-0.39, 0.29) is 0 Å². The first kappa shape index (κ1) is 15.2. The minimum atomic E-state index is 0.425. The number of methoxy groups -OCH3 is 1. The van der Waals surface area contributed by atoms with Crippen LogP contribution >= 0.6 is 11.6 Å². The van der Waals surface area contributed by atoms with Gasteiger partial charge in [-0.15, -0.1) is 0 Å². The van der Waals surface area contributed by atoms with Crippen LogP contribution < -0.4 is 9.47 Å². The zero-order valence-electron chi connectivity index (χ0n) is 13.4. The lowest BCUT2D eigenvalue weighted by atomic mass is 10.1. The normalized spacial score (nSPS) is 13.1. The van der Waals surface area contributed by atoms with E-state index in [1.807, 2.05) is 24.3 Å². The molecule has 3 aromatic rings. The van der Waals surface area contributed by atoms with Gasteiger partial charge in [0.05, 0.1) is 17.6 Å². The van der Waals surface area contributed by atoms with Crippen LogP contribution in [-0.4, -0.2) is 17.1 Å². The zero-order valence-corrected chi connectivity index (χ0v) is 14.1. The second-order valence-corrected chi connectivity index (χ2v) is 6.25. The van der Waals surface area contributed by atoms with Crippen LogP contribution in [0.4, 0.5) is 0 Å². The Morgan fingerprint density at radius 3 is 2.92 bits per heavy atom. The average molecular weight is 341 g/mol. The van der Waals surface area contributed by atoms with E-state index in [0.717, 1.165) is 46.4 Å². The summed E-state index contributed by atoms with van der Waals surface area (Å²) in [6.45, 7) is 0.425. The molecule has 2 heterocycles. The summed E-state index contributed by atoms with van der Waals surface area (Å²) in [6, 6.07) is 7.69. The molecule has 0 atom stereocenters. The van der Waals surface area contributed by atoms with Crippen LogP contribution in [0.3, 0.4) is 0 Å². The fourth-order valence-corrected chi connectivity index (χ4v) is 3.48. The number of nitrogens with zero attached hydrogens (tertiary/aromatic N) is 2. The third kappa shape index (κ3) is 2.67. The maximum Gasteiger partial charge on any atom is 0.163 e. The van der Waals surface area contributed by atoms with Gasteiger partial charge in [-0.25, -0.2) is 0 Å². The average Bonchev–Trinajstić information content (AvgIpc) is 3.09. The first-order valence-corrected chi connectivity index (χ1v) is 8.35. The van der Waals surface area contributed by atoms with E-state index >= 15 is 0 Å². The van der Waals surface area contributed by atoms with Crippen molar-refractivity contribution in [1.82, 2.24) is 9.97 Å². The number of halogens is 1. The van der Waals surface area contributed by atoms with Crippen molar-refractivity contribution in [3.63, 3.8) is 0 Å². The number of aryl methyl sites for hydroxylation is 1. The van der Waals surface area contributed by atoms with Gasteiger partial charge in [0.1, 0.15) is 6.61 Å². The summed E-state index contributed by atoms with van der Waals surface area (Å²) in [4.78, 5) is 8.87. The molecule has 0 radical (unpaired) electrons. The van der Waals surface area contributed by atoms with Crippen LogP contribution in [0.2, 0.25) is 5.02 Å². The number of pyridine rings is 2. The van der Waals surface area contributed by atoms with Crippen LogP contribution in [0.1, 0.15) is 23.2 Å². The highest BCUT2D eigenvalue weighted by Gasteiger charge is 2.20. The van der Waals surface area contributed by atoms with Crippen molar-refractivity contribution >= 4 is 22.5 Å². The summed E-state index contributed by atoms with van der Waals surface area (Å²) in [7, 11) is 1.63. The van der Waals surface area contributed by atoms with Gasteiger partial charge in [0.15, 0.2) is 11.5 Å². The molecule has 2 aromatic heterocycles. The molecule has 0 unspecified atom stereocenters. The smallest absolute Gasteiger partial charge is 0.163 e. The quantitative estimate of drug-likeness (QED) is 0.708. The summed E-state index contributed by atoms with van der Waals surface area (Å²) in [5.41, 5.74) is 4.13. The van der Waals surface area contributed by atoms with E-state index in [1.165, 1.54) is 5.56 Å². The second kappa shape index (κ2) is 6.29. The summed E-state index contributed by atoms with van der Waals surface area (Å²) < 4.78 is 11.4. The van der Waals surface area contributed by atoms with Crippen molar-refractivity contribution in [1.29, 1.82) is 0 Å². The lowest BCUT2D eigenvalue weighted by molar-refractivity contribution is 0.284. The van der Waals surface area contributed by atoms with Crippen molar-refractivity contribution in [2.45, 2.75) is 25.9 Å². The lowest BCUT2D eigenvalue weighted by Crippen LogP contribution is -1.99. The van der Waals surface area contributed by atoms with Crippen molar-refractivity contribution in [3.05, 3.63) is 58.5 Å². The molecule has 1 aliphatic rings. The Bertz CT molecular complexity index is 897. The molecule has 0 N–H and O–H groups in total. The summed E-state index contributed by atoms with van der Waals surface area (Å²) >= 11 is 6.60. The SMILES string of the molecule is COc1cc2c(Cl)c3c(nc2cc1OCc1cccnc1)CCC3. The largest absolute Gasteiger partial charge is 0.493 e. The van der Waals surface area contributed by atoms with E-state index in [1.54, 1.807) is 19.5 Å². The molecule has 1 aromatic carbocycles. The minimum Gasteiger partial charge on any atom is -0.493 e. The fraction of sp³-hybridized carbons (Fsp3) is 0.263. The van der Waals surface area contributed by atoms with Gasteiger partial charge in [-0.05, 0) is 37.0 Å². The van der Waals surface area contributed by atoms with Gasteiger partial charge < -0.3 is 9.47 Å². The number of hydrogen-bond donors (Lipinski definition) is 0. The van der Waals surface area contributed by atoms with Gasteiger partial charge in [0, 0.05) is 35.1 Å². The molecule has 0 bridgehead atoms. The Morgan fingerprint density at radius 2 is 2.12 bits per heavy atom. The highest BCUT2D eigenvalue weighted by Crippen LogP contribution is 2.39. The molecule has 0 saturated carbocycles. The number of hydrogen-bond acceptors (Lipinski definition) is 4. The van der Waals surface area contributed by atoms with Crippen molar-refractivity contribution in [2.75, 3.05) is 7.11 Å². The molecule has 122 valence electrons. The fourth-order valence-electron chi connectivity index (χ4n) is 3.13. The maximum atomic E-state index is 6.60. The maximum absolute atomic E-state index is 6.60. The first-order valence-electron chi connectivity index (χ1n) is 7.97. The number of benzene rings is 1. The van der Waals surface area contributed by atoms with Crippen molar-refractivity contribution < 1.29 is 9.47 Å². The van der Waals surface area contributed by atoms with Gasteiger partial charge in [-0.1, -0.05) is 17.7 Å². The number of rotatable bonds is 4. The van der Waals surface area contributed by atoms with E-state index in [0.29, 0.717) is 18.1 Å². The molecule has 1 aliphatic carbocycles. The Morgan fingerprint density at radius 1 is 1.21 bits per heavy atom. The number of aromatic nitrogens is 2.